The summed E-state index contributed by atoms with van der Waals surface area (Å²) in [5, 5.41) is 0. The van der Waals surface area contributed by atoms with Crippen LogP contribution in [0.2, 0.25) is 0 Å². The fraction of sp³-hybridized carbons (Fsp3) is 0.462. The van der Waals surface area contributed by atoms with E-state index < -0.39 is 0 Å². The summed E-state index contributed by atoms with van der Waals surface area (Å²) in [5.41, 5.74) is 0.823. The Kier molecular flexibility index (Phi) is 5.41. The molecule has 0 N–H and O–H groups in total. The van der Waals surface area contributed by atoms with Gasteiger partial charge in [-0.2, -0.15) is 0 Å². The Hall–Kier alpha value is 0.330. The van der Waals surface area contributed by atoms with Gasteiger partial charge >= 0.3 is 0 Å². The first kappa shape index (κ1) is 15.4. The van der Waals surface area contributed by atoms with Gasteiger partial charge in [-0.1, -0.05) is 74.6 Å². The van der Waals surface area contributed by atoms with Crippen molar-refractivity contribution in [1.29, 1.82) is 0 Å². The molecule has 1 rings (SSSR count). The van der Waals surface area contributed by atoms with Crippen molar-refractivity contribution in [3.05, 3.63) is 32.7 Å². The lowest BCUT2D eigenvalue weighted by Gasteiger charge is -2.21. The Morgan fingerprint density at radius 2 is 1.88 bits per heavy atom. The topological polar surface area (TPSA) is 17.1 Å². The highest BCUT2D eigenvalue weighted by molar-refractivity contribution is 9.11. The molecule has 0 saturated carbocycles. The molecule has 0 aliphatic rings. The maximum absolute atomic E-state index is 12.1. The van der Waals surface area contributed by atoms with Gasteiger partial charge in [0.2, 0.25) is 0 Å². The van der Waals surface area contributed by atoms with Gasteiger partial charge in [0.25, 0.3) is 0 Å². The van der Waals surface area contributed by atoms with E-state index in [4.69, 9.17) is 0 Å². The summed E-state index contributed by atoms with van der Waals surface area (Å²) in [5.74, 6) is 0.229. The van der Waals surface area contributed by atoms with E-state index in [1.54, 1.807) is 0 Å². The fourth-order valence-electron chi connectivity index (χ4n) is 1.44. The van der Waals surface area contributed by atoms with Gasteiger partial charge in [-0.05, 0) is 24.1 Å². The molecular formula is C13H15Br3O. The Morgan fingerprint density at radius 1 is 1.29 bits per heavy atom. The van der Waals surface area contributed by atoms with Crippen molar-refractivity contribution < 1.29 is 4.79 Å². The van der Waals surface area contributed by atoms with E-state index in [2.05, 4.69) is 47.8 Å². The van der Waals surface area contributed by atoms with Gasteiger partial charge < -0.3 is 0 Å². The van der Waals surface area contributed by atoms with Crippen molar-refractivity contribution in [1.82, 2.24) is 0 Å². The molecule has 1 aromatic carbocycles. The zero-order valence-corrected chi connectivity index (χ0v) is 14.8. The lowest BCUT2D eigenvalue weighted by Crippen LogP contribution is -2.30. The molecule has 0 fully saturated rings. The van der Waals surface area contributed by atoms with Crippen LogP contribution in [0.15, 0.2) is 27.1 Å². The van der Waals surface area contributed by atoms with Crippen molar-refractivity contribution in [2.45, 2.75) is 32.0 Å². The Labute approximate surface area is 128 Å². The van der Waals surface area contributed by atoms with Gasteiger partial charge in [0.05, 0.1) is 4.83 Å². The Morgan fingerprint density at radius 3 is 2.35 bits per heavy atom. The Bertz CT molecular complexity index is 421. The first-order valence-corrected chi connectivity index (χ1v) is 7.84. The molecule has 17 heavy (non-hydrogen) atoms. The summed E-state index contributed by atoms with van der Waals surface area (Å²) < 4.78 is 2.06. The lowest BCUT2D eigenvalue weighted by molar-refractivity contribution is -0.125. The fourth-order valence-corrected chi connectivity index (χ4v) is 3.69. The van der Waals surface area contributed by atoms with Crippen molar-refractivity contribution >= 4 is 53.6 Å². The molecular weight excluding hydrogens is 412 g/mol. The van der Waals surface area contributed by atoms with E-state index in [1.165, 1.54) is 0 Å². The van der Waals surface area contributed by atoms with E-state index in [1.807, 2.05) is 39.0 Å². The third kappa shape index (κ3) is 4.49. The van der Waals surface area contributed by atoms with E-state index in [0.717, 1.165) is 14.5 Å². The largest absolute Gasteiger partial charge is 0.298 e. The standard InChI is InChI=1S/C13H15Br3O/c1-13(2,3)12(17)11(16)6-8-4-5-9(14)7-10(8)15/h4-5,7,11H,6H2,1-3H3. The molecule has 1 atom stereocenters. The lowest BCUT2D eigenvalue weighted by atomic mass is 9.87. The number of benzene rings is 1. The molecule has 0 heterocycles. The van der Waals surface area contributed by atoms with Crippen LogP contribution in [0.1, 0.15) is 26.3 Å². The van der Waals surface area contributed by atoms with Crippen LogP contribution in [-0.4, -0.2) is 10.6 Å². The van der Waals surface area contributed by atoms with Gasteiger partial charge in [-0.25, -0.2) is 0 Å². The van der Waals surface area contributed by atoms with Crippen LogP contribution in [0.4, 0.5) is 0 Å². The summed E-state index contributed by atoms with van der Waals surface area (Å²) in [4.78, 5) is 11.9. The quantitative estimate of drug-likeness (QED) is 0.612. The van der Waals surface area contributed by atoms with Gasteiger partial charge in [0.1, 0.15) is 0 Å². The van der Waals surface area contributed by atoms with Crippen LogP contribution in [0.3, 0.4) is 0 Å². The van der Waals surface area contributed by atoms with Crippen LogP contribution >= 0.6 is 47.8 Å². The zero-order chi connectivity index (χ0) is 13.2. The minimum Gasteiger partial charge on any atom is -0.298 e. The molecule has 0 aliphatic carbocycles. The minimum absolute atomic E-state index is 0.139. The molecule has 1 aromatic rings. The van der Waals surface area contributed by atoms with Gasteiger partial charge in [0, 0.05) is 14.4 Å². The van der Waals surface area contributed by atoms with Gasteiger partial charge in [-0.3, -0.25) is 4.79 Å². The van der Waals surface area contributed by atoms with Gasteiger partial charge in [0.15, 0.2) is 5.78 Å². The smallest absolute Gasteiger partial charge is 0.152 e. The molecule has 94 valence electrons. The summed E-state index contributed by atoms with van der Waals surface area (Å²) >= 11 is 10.4. The van der Waals surface area contributed by atoms with E-state index in [-0.39, 0.29) is 16.0 Å². The predicted molar refractivity (Wildman–Crippen MR) is 82.7 cm³/mol. The molecule has 0 aromatic heterocycles. The number of hydrogen-bond donors (Lipinski definition) is 0. The molecule has 0 amide bonds. The Balaban J connectivity index is 2.81. The molecule has 0 bridgehead atoms. The van der Waals surface area contributed by atoms with Crippen molar-refractivity contribution in [3.8, 4) is 0 Å². The average Bonchev–Trinajstić information content (AvgIpc) is 2.19. The molecule has 0 saturated heterocycles. The molecule has 0 radical (unpaired) electrons. The third-order valence-electron chi connectivity index (χ3n) is 2.44. The highest BCUT2D eigenvalue weighted by Crippen LogP contribution is 2.27. The monoisotopic (exact) mass is 424 g/mol. The first-order chi connectivity index (χ1) is 7.71. The maximum Gasteiger partial charge on any atom is 0.152 e. The third-order valence-corrected chi connectivity index (χ3v) is 4.41. The maximum atomic E-state index is 12.1. The van der Waals surface area contributed by atoms with Crippen LogP contribution in [0.5, 0.6) is 0 Å². The molecule has 0 aliphatic heterocycles. The molecule has 0 spiro atoms. The first-order valence-electron chi connectivity index (χ1n) is 5.34. The van der Waals surface area contributed by atoms with Crippen LogP contribution in [-0.2, 0) is 11.2 Å². The normalized spacial score (nSPS) is 13.5. The van der Waals surface area contributed by atoms with E-state index in [0.29, 0.717) is 6.42 Å². The number of ketones is 1. The second kappa shape index (κ2) is 5.98. The highest BCUT2D eigenvalue weighted by atomic mass is 79.9. The SMILES string of the molecule is CC(C)(C)C(=O)C(Br)Cc1ccc(Br)cc1Br. The number of carbonyl (C=O) groups excluding carboxylic acids is 1. The predicted octanol–water partition coefficient (Wildman–Crippen LogP) is 5.13. The van der Waals surface area contributed by atoms with Crippen LogP contribution in [0.25, 0.3) is 0 Å². The van der Waals surface area contributed by atoms with Crippen molar-refractivity contribution in [2.24, 2.45) is 5.41 Å². The average molecular weight is 427 g/mol. The van der Waals surface area contributed by atoms with Crippen LogP contribution < -0.4 is 0 Å². The number of Topliss-reactive ketones (excluding diaryl/α,β-unsaturated/α-hetero) is 1. The number of halogens is 3. The summed E-state index contributed by atoms with van der Waals surface area (Å²) in [6, 6.07) is 6.01. The summed E-state index contributed by atoms with van der Waals surface area (Å²) in [7, 11) is 0. The minimum atomic E-state index is -0.310. The van der Waals surface area contributed by atoms with Gasteiger partial charge in [-0.15, -0.1) is 0 Å². The molecule has 1 unspecified atom stereocenters. The zero-order valence-electron chi connectivity index (χ0n) is 10.1. The molecule has 4 heteroatoms. The van der Waals surface area contributed by atoms with Crippen molar-refractivity contribution in [3.63, 3.8) is 0 Å². The second-order valence-corrected chi connectivity index (χ2v) is 7.90. The summed E-state index contributed by atoms with van der Waals surface area (Å²) in [6.45, 7) is 5.83. The summed E-state index contributed by atoms with van der Waals surface area (Å²) in [6.07, 6.45) is 0.698. The number of rotatable bonds is 3. The van der Waals surface area contributed by atoms with Crippen LogP contribution in [0, 0.1) is 5.41 Å². The number of alkyl halides is 1. The second-order valence-electron chi connectivity index (χ2n) is 5.02. The number of hydrogen-bond acceptors (Lipinski definition) is 1. The van der Waals surface area contributed by atoms with E-state index in [9.17, 15) is 4.79 Å². The van der Waals surface area contributed by atoms with E-state index >= 15 is 0 Å². The highest BCUT2D eigenvalue weighted by Gasteiger charge is 2.28. The number of carbonyl (C=O) groups is 1. The molecule has 1 nitrogen and oxygen atoms in total. The van der Waals surface area contributed by atoms with Crippen molar-refractivity contribution in [2.75, 3.05) is 0 Å².